The van der Waals surface area contributed by atoms with E-state index in [0.29, 0.717) is 12.6 Å². The Morgan fingerprint density at radius 3 is 2.27 bits per heavy atom. The second-order valence-electron chi connectivity index (χ2n) is 4.40. The lowest BCUT2D eigenvalue weighted by Crippen LogP contribution is -2.43. The first kappa shape index (κ1) is 12.9. The Kier molecular flexibility index (Phi) is 4.51. The van der Waals surface area contributed by atoms with Crippen LogP contribution in [0.15, 0.2) is 0 Å². The molecule has 0 spiro atoms. The van der Waals surface area contributed by atoms with Crippen molar-refractivity contribution in [1.29, 1.82) is 0 Å². The number of hydrogen-bond donors (Lipinski definition) is 1. The maximum absolute atomic E-state index is 10.8. The molecule has 0 bridgehead atoms. The van der Waals surface area contributed by atoms with Crippen LogP contribution in [0.25, 0.3) is 0 Å². The van der Waals surface area contributed by atoms with Crippen LogP contribution in [0.3, 0.4) is 0 Å². The van der Waals surface area contributed by atoms with Crippen molar-refractivity contribution < 1.29 is 8.42 Å². The molecule has 1 aliphatic rings. The van der Waals surface area contributed by atoms with Crippen molar-refractivity contribution in [3.05, 3.63) is 0 Å². The maximum Gasteiger partial charge on any atom is 0.210 e. The van der Waals surface area contributed by atoms with E-state index in [-0.39, 0.29) is 5.75 Å². The molecule has 15 heavy (non-hydrogen) atoms. The summed E-state index contributed by atoms with van der Waals surface area (Å²) in [6.45, 7) is 2.51. The van der Waals surface area contributed by atoms with Crippen LogP contribution in [-0.4, -0.2) is 63.7 Å². The molecule has 0 unspecified atom stereocenters. The number of nitrogens with two attached hydrogens (primary N) is 1. The summed E-state index contributed by atoms with van der Waals surface area (Å²) in [6, 6.07) is 0.635. The van der Waals surface area contributed by atoms with Crippen molar-refractivity contribution in [3.8, 4) is 0 Å². The standard InChI is InChI=1S/C9H21N3O2S/c1-11(2)9-3-5-12(6-4-9)7-8-15(10,13)14/h9H,3-8H2,1-2H3,(H2,10,13,14). The summed E-state index contributed by atoms with van der Waals surface area (Å²) < 4.78 is 21.6. The van der Waals surface area contributed by atoms with Crippen LogP contribution in [0.5, 0.6) is 0 Å². The summed E-state index contributed by atoms with van der Waals surface area (Å²) in [5.74, 6) is 0.0691. The molecule has 6 heteroatoms. The predicted octanol–water partition coefficient (Wildman–Crippen LogP) is -0.699. The highest BCUT2D eigenvalue weighted by Gasteiger charge is 2.20. The first-order valence-corrected chi connectivity index (χ1v) is 6.99. The number of rotatable bonds is 4. The Bertz CT molecular complexity index is 282. The smallest absolute Gasteiger partial charge is 0.210 e. The van der Waals surface area contributed by atoms with E-state index in [9.17, 15) is 8.42 Å². The van der Waals surface area contributed by atoms with E-state index in [2.05, 4.69) is 23.9 Å². The molecule has 2 N–H and O–H groups in total. The molecule has 5 nitrogen and oxygen atoms in total. The molecule has 1 rings (SSSR count). The highest BCUT2D eigenvalue weighted by molar-refractivity contribution is 7.89. The average Bonchev–Trinajstić information content (AvgIpc) is 2.14. The molecule has 0 aromatic heterocycles. The minimum Gasteiger partial charge on any atom is -0.306 e. The Labute approximate surface area is 92.3 Å². The van der Waals surface area contributed by atoms with E-state index in [0.717, 1.165) is 25.9 Å². The third-order valence-corrected chi connectivity index (χ3v) is 3.73. The highest BCUT2D eigenvalue weighted by atomic mass is 32.2. The summed E-state index contributed by atoms with van der Waals surface area (Å²) in [5, 5.41) is 4.97. The molecule has 0 saturated carbocycles. The van der Waals surface area contributed by atoms with Gasteiger partial charge in [-0.05, 0) is 40.0 Å². The molecule has 0 atom stereocenters. The van der Waals surface area contributed by atoms with Crippen LogP contribution in [0, 0.1) is 0 Å². The second-order valence-corrected chi connectivity index (χ2v) is 6.14. The van der Waals surface area contributed by atoms with E-state index in [1.54, 1.807) is 0 Å². The third kappa shape index (κ3) is 4.92. The van der Waals surface area contributed by atoms with Crippen molar-refractivity contribution in [3.63, 3.8) is 0 Å². The van der Waals surface area contributed by atoms with Gasteiger partial charge in [-0.1, -0.05) is 0 Å². The second kappa shape index (κ2) is 5.25. The third-order valence-electron chi connectivity index (χ3n) is 2.98. The highest BCUT2D eigenvalue weighted by Crippen LogP contribution is 2.13. The van der Waals surface area contributed by atoms with Crippen LogP contribution in [0.2, 0.25) is 0 Å². The van der Waals surface area contributed by atoms with Crippen molar-refractivity contribution in [1.82, 2.24) is 9.80 Å². The largest absolute Gasteiger partial charge is 0.306 e. The molecule has 1 heterocycles. The topological polar surface area (TPSA) is 66.6 Å². The van der Waals surface area contributed by atoms with Crippen LogP contribution in [-0.2, 0) is 10.0 Å². The van der Waals surface area contributed by atoms with Gasteiger partial charge in [-0.15, -0.1) is 0 Å². The zero-order valence-corrected chi connectivity index (χ0v) is 10.3. The molecule has 0 radical (unpaired) electrons. The lowest BCUT2D eigenvalue weighted by Gasteiger charge is -2.34. The minimum atomic E-state index is -3.31. The van der Waals surface area contributed by atoms with E-state index in [1.807, 2.05) is 0 Å². The fourth-order valence-electron chi connectivity index (χ4n) is 1.92. The van der Waals surface area contributed by atoms with Crippen molar-refractivity contribution >= 4 is 10.0 Å². The summed E-state index contributed by atoms with van der Waals surface area (Å²) in [4.78, 5) is 4.40. The number of likely N-dealkylation sites (tertiary alicyclic amines) is 1. The molecule has 90 valence electrons. The molecule has 1 fully saturated rings. The number of primary sulfonamides is 1. The maximum atomic E-state index is 10.8. The monoisotopic (exact) mass is 235 g/mol. The fraction of sp³-hybridized carbons (Fsp3) is 1.00. The van der Waals surface area contributed by atoms with Gasteiger partial charge in [0.05, 0.1) is 5.75 Å². The van der Waals surface area contributed by atoms with Gasteiger partial charge >= 0.3 is 0 Å². The first-order valence-electron chi connectivity index (χ1n) is 5.28. The van der Waals surface area contributed by atoms with E-state index >= 15 is 0 Å². The fourth-order valence-corrected chi connectivity index (χ4v) is 2.43. The van der Waals surface area contributed by atoms with Gasteiger partial charge in [0.1, 0.15) is 0 Å². The van der Waals surface area contributed by atoms with Gasteiger partial charge < -0.3 is 9.80 Å². The lowest BCUT2D eigenvalue weighted by atomic mass is 10.0. The molecule has 1 aliphatic heterocycles. The zero-order chi connectivity index (χ0) is 11.5. The van der Waals surface area contributed by atoms with Crippen LogP contribution >= 0.6 is 0 Å². The Morgan fingerprint density at radius 1 is 1.33 bits per heavy atom. The summed E-state index contributed by atoms with van der Waals surface area (Å²) in [7, 11) is 0.870. The van der Waals surface area contributed by atoms with Crippen LogP contribution in [0.4, 0.5) is 0 Å². The number of hydrogen-bond acceptors (Lipinski definition) is 4. The normalized spacial score (nSPS) is 21.1. The number of piperidine rings is 1. The summed E-state index contributed by atoms with van der Waals surface area (Å²) in [6.07, 6.45) is 2.22. The molecular weight excluding hydrogens is 214 g/mol. The molecule has 0 aliphatic carbocycles. The first-order chi connectivity index (χ1) is 6.88. The Hall–Kier alpha value is -0.170. The number of sulfonamides is 1. The van der Waals surface area contributed by atoms with Gasteiger partial charge in [-0.3, -0.25) is 0 Å². The van der Waals surface area contributed by atoms with Gasteiger partial charge in [0.2, 0.25) is 10.0 Å². The zero-order valence-electron chi connectivity index (χ0n) is 9.52. The lowest BCUT2D eigenvalue weighted by molar-refractivity contribution is 0.150. The minimum absolute atomic E-state index is 0.0691. The predicted molar refractivity (Wildman–Crippen MR) is 61.1 cm³/mol. The van der Waals surface area contributed by atoms with Crippen molar-refractivity contribution in [2.45, 2.75) is 18.9 Å². The molecular formula is C9H21N3O2S. The molecule has 0 aromatic carbocycles. The van der Waals surface area contributed by atoms with Gasteiger partial charge in [-0.25, -0.2) is 13.6 Å². The Morgan fingerprint density at radius 2 is 1.87 bits per heavy atom. The van der Waals surface area contributed by atoms with Crippen molar-refractivity contribution in [2.24, 2.45) is 5.14 Å². The van der Waals surface area contributed by atoms with E-state index < -0.39 is 10.0 Å². The molecule has 0 aromatic rings. The SMILES string of the molecule is CN(C)C1CCN(CCS(N)(=O)=O)CC1. The summed E-state index contributed by atoms with van der Waals surface area (Å²) >= 11 is 0. The van der Waals surface area contributed by atoms with E-state index in [4.69, 9.17) is 5.14 Å². The average molecular weight is 235 g/mol. The van der Waals surface area contributed by atoms with Crippen LogP contribution < -0.4 is 5.14 Å². The van der Waals surface area contributed by atoms with Crippen molar-refractivity contribution in [2.75, 3.05) is 39.5 Å². The molecule has 0 amide bonds. The van der Waals surface area contributed by atoms with Crippen LogP contribution in [0.1, 0.15) is 12.8 Å². The van der Waals surface area contributed by atoms with Gasteiger partial charge in [0.25, 0.3) is 0 Å². The Balaban J connectivity index is 2.26. The quantitative estimate of drug-likeness (QED) is 0.700. The summed E-state index contributed by atoms with van der Waals surface area (Å²) in [5.41, 5.74) is 0. The van der Waals surface area contributed by atoms with Gasteiger partial charge in [-0.2, -0.15) is 0 Å². The van der Waals surface area contributed by atoms with Gasteiger partial charge in [0, 0.05) is 12.6 Å². The number of nitrogens with zero attached hydrogens (tertiary/aromatic N) is 2. The molecule has 1 saturated heterocycles. The van der Waals surface area contributed by atoms with E-state index in [1.165, 1.54) is 0 Å². The van der Waals surface area contributed by atoms with Gasteiger partial charge in [0.15, 0.2) is 0 Å².